The number of benzene rings is 1. The summed E-state index contributed by atoms with van der Waals surface area (Å²) in [5, 5.41) is 18.3. The summed E-state index contributed by atoms with van der Waals surface area (Å²) >= 11 is 0. The first kappa shape index (κ1) is 26.3. The van der Waals surface area contributed by atoms with E-state index >= 15 is 4.39 Å². The molecule has 9 nitrogen and oxygen atoms in total. The summed E-state index contributed by atoms with van der Waals surface area (Å²) in [6.07, 6.45) is 3.94. The SMILES string of the molecule is CC.CCNC(=O)NCNc1c(N)cc(-c2cnc(C(C)(C)O)nc2)c(F)c1C1CCCO1. The molecule has 0 spiro atoms. The molecular formula is C23H35FN6O3. The molecule has 3 rings (SSSR count). The third-order valence-electron chi connectivity index (χ3n) is 4.94. The number of urea groups is 1. The highest BCUT2D eigenvalue weighted by Crippen LogP contribution is 2.42. The lowest BCUT2D eigenvalue weighted by atomic mass is 9.96. The Morgan fingerprint density at radius 2 is 1.97 bits per heavy atom. The van der Waals surface area contributed by atoms with E-state index in [1.165, 1.54) is 18.5 Å². The van der Waals surface area contributed by atoms with Crippen molar-refractivity contribution in [2.75, 3.05) is 30.9 Å². The van der Waals surface area contributed by atoms with Crippen LogP contribution in [-0.4, -0.2) is 40.9 Å². The number of nitrogen functional groups attached to an aromatic ring is 1. The average Bonchev–Trinajstić information content (AvgIpc) is 3.31. The first-order valence-electron chi connectivity index (χ1n) is 11.3. The lowest BCUT2D eigenvalue weighted by Crippen LogP contribution is -2.38. The lowest BCUT2D eigenvalue weighted by molar-refractivity contribution is 0.0687. The number of hydrogen-bond donors (Lipinski definition) is 5. The molecule has 1 aliphatic heterocycles. The highest BCUT2D eigenvalue weighted by atomic mass is 19.1. The van der Waals surface area contributed by atoms with E-state index in [1.54, 1.807) is 13.8 Å². The Morgan fingerprint density at radius 3 is 2.52 bits per heavy atom. The normalized spacial score (nSPS) is 15.4. The van der Waals surface area contributed by atoms with Gasteiger partial charge >= 0.3 is 6.03 Å². The summed E-state index contributed by atoms with van der Waals surface area (Å²) in [4.78, 5) is 20.0. The summed E-state index contributed by atoms with van der Waals surface area (Å²) in [7, 11) is 0. The minimum atomic E-state index is -1.20. The molecule has 182 valence electrons. The number of carbonyl (C=O) groups excluding carboxylic acids is 1. The van der Waals surface area contributed by atoms with Gasteiger partial charge < -0.3 is 31.5 Å². The standard InChI is InChI=1S/C21H29FN6O3.C2H6/c1-4-24-20(29)28-11-27-18-14(23)8-13(17(22)16(18)15-6-5-7-31-15)12-9-25-19(26-10-12)21(2,3)30;1-2/h8-10,15,27,30H,4-7,11,23H2,1-3H3,(H2,24,28,29);1-2H3. The zero-order chi connectivity index (χ0) is 24.6. The van der Waals surface area contributed by atoms with Crippen molar-refractivity contribution in [1.82, 2.24) is 20.6 Å². The molecule has 0 aliphatic carbocycles. The molecule has 1 atom stereocenters. The number of ether oxygens (including phenoxy) is 1. The second-order valence-corrected chi connectivity index (χ2v) is 7.86. The molecule has 1 aromatic carbocycles. The maximum Gasteiger partial charge on any atom is 0.316 e. The quantitative estimate of drug-likeness (QED) is 0.313. The summed E-state index contributed by atoms with van der Waals surface area (Å²) in [5.74, 6) is -0.250. The van der Waals surface area contributed by atoms with Crippen LogP contribution in [0.3, 0.4) is 0 Å². The van der Waals surface area contributed by atoms with Gasteiger partial charge in [-0.1, -0.05) is 13.8 Å². The first-order chi connectivity index (χ1) is 15.7. The van der Waals surface area contributed by atoms with Crippen molar-refractivity contribution in [3.63, 3.8) is 0 Å². The van der Waals surface area contributed by atoms with E-state index in [0.29, 0.717) is 42.1 Å². The fourth-order valence-electron chi connectivity index (χ4n) is 3.44. The number of rotatable bonds is 7. The summed E-state index contributed by atoms with van der Waals surface area (Å²) in [6.45, 7) is 10.1. The van der Waals surface area contributed by atoms with Crippen molar-refractivity contribution in [1.29, 1.82) is 0 Å². The molecule has 0 bridgehead atoms. The van der Waals surface area contributed by atoms with Crippen LogP contribution in [0.25, 0.3) is 11.1 Å². The van der Waals surface area contributed by atoms with Gasteiger partial charge in [-0.05, 0) is 39.7 Å². The minimum absolute atomic E-state index is 0.0674. The number of hydrogen-bond acceptors (Lipinski definition) is 7. The molecular weight excluding hydrogens is 427 g/mol. The van der Waals surface area contributed by atoms with Gasteiger partial charge in [-0.15, -0.1) is 0 Å². The van der Waals surface area contributed by atoms with Gasteiger partial charge in [-0.25, -0.2) is 19.2 Å². The van der Waals surface area contributed by atoms with Gasteiger partial charge in [0.2, 0.25) is 0 Å². The molecule has 0 saturated carbocycles. The van der Waals surface area contributed by atoms with Crippen LogP contribution in [-0.2, 0) is 10.3 Å². The Labute approximate surface area is 194 Å². The van der Waals surface area contributed by atoms with E-state index in [1.807, 2.05) is 20.8 Å². The second-order valence-electron chi connectivity index (χ2n) is 7.86. The molecule has 1 aromatic heterocycles. The topological polar surface area (TPSA) is 134 Å². The Hall–Kier alpha value is -2.98. The van der Waals surface area contributed by atoms with Crippen LogP contribution in [0.4, 0.5) is 20.6 Å². The van der Waals surface area contributed by atoms with Crippen LogP contribution in [0.15, 0.2) is 18.5 Å². The van der Waals surface area contributed by atoms with E-state index in [2.05, 4.69) is 25.9 Å². The number of carbonyl (C=O) groups is 1. The fourth-order valence-corrected chi connectivity index (χ4v) is 3.44. The molecule has 1 saturated heterocycles. The number of nitrogens with one attached hydrogen (secondary N) is 3. The van der Waals surface area contributed by atoms with Gasteiger partial charge in [-0.2, -0.15) is 0 Å². The predicted octanol–water partition coefficient (Wildman–Crippen LogP) is 3.66. The average molecular weight is 463 g/mol. The smallest absolute Gasteiger partial charge is 0.316 e. The monoisotopic (exact) mass is 462 g/mol. The molecule has 2 aromatic rings. The molecule has 2 heterocycles. The van der Waals surface area contributed by atoms with E-state index in [-0.39, 0.29) is 24.1 Å². The van der Waals surface area contributed by atoms with Gasteiger partial charge in [0.1, 0.15) is 11.4 Å². The van der Waals surface area contributed by atoms with Crippen LogP contribution >= 0.6 is 0 Å². The van der Waals surface area contributed by atoms with E-state index < -0.39 is 17.5 Å². The van der Waals surface area contributed by atoms with Gasteiger partial charge in [0.25, 0.3) is 0 Å². The van der Waals surface area contributed by atoms with Crippen LogP contribution in [0.5, 0.6) is 0 Å². The van der Waals surface area contributed by atoms with Gasteiger partial charge in [0.05, 0.1) is 24.1 Å². The Bertz CT molecular complexity index is 925. The molecule has 0 radical (unpaired) electrons. The number of amides is 2. The Balaban J connectivity index is 0.00000187. The van der Waals surface area contributed by atoms with Crippen LogP contribution in [0.1, 0.15) is 65.0 Å². The maximum absolute atomic E-state index is 15.7. The number of aliphatic hydroxyl groups is 1. The van der Waals surface area contributed by atoms with Crippen LogP contribution in [0, 0.1) is 5.82 Å². The molecule has 1 unspecified atom stereocenters. The number of halogens is 1. The van der Waals surface area contributed by atoms with Gasteiger partial charge in [-0.3, -0.25) is 0 Å². The van der Waals surface area contributed by atoms with Crippen molar-refractivity contribution in [3.05, 3.63) is 35.7 Å². The van der Waals surface area contributed by atoms with E-state index in [0.717, 1.165) is 6.42 Å². The van der Waals surface area contributed by atoms with E-state index in [4.69, 9.17) is 10.5 Å². The molecule has 1 fully saturated rings. The third-order valence-corrected chi connectivity index (χ3v) is 4.94. The van der Waals surface area contributed by atoms with Crippen molar-refractivity contribution >= 4 is 17.4 Å². The number of nitrogens with two attached hydrogens (primary N) is 1. The summed E-state index contributed by atoms with van der Waals surface area (Å²) in [6, 6.07) is 1.17. The third kappa shape index (κ3) is 6.52. The van der Waals surface area contributed by atoms with Crippen LogP contribution in [0.2, 0.25) is 0 Å². The van der Waals surface area contributed by atoms with Gasteiger partial charge in [0.15, 0.2) is 5.82 Å². The van der Waals surface area contributed by atoms with E-state index in [9.17, 15) is 9.90 Å². The summed E-state index contributed by atoms with van der Waals surface area (Å²) in [5.41, 5.74) is 6.76. The molecule has 33 heavy (non-hydrogen) atoms. The summed E-state index contributed by atoms with van der Waals surface area (Å²) < 4.78 is 21.4. The largest absolute Gasteiger partial charge is 0.397 e. The zero-order valence-corrected chi connectivity index (χ0v) is 20.0. The molecule has 10 heteroatoms. The Morgan fingerprint density at radius 1 is 1.30 bits per heavy atom. The molecule has 2 amide bonds. The van der Waals surface area contributed by atoms with Gasteiger partial charge in [0, 0.05) is 42.2 Å². The van der Waals surface area contributed by atoms with Crippen molar-refractivity contribution in [2.24, 2.45) is 0 Å². The lowest BCUT2D eigenvalue weighted by Gasteiger charge is -2.22. The predicted molar refractivity (Wildman–Crippen MR) is 127 cm³/mol. The minimum Gasteiger partial charge on any atom is -0.397 e. The highest BCUT2D eigenvalue weighted by molar-refractivity contribution is 5.80. The fraction of sp³-hybridized carbons (Fsp3) is 0.522. The molecule has 6 N–H and O–H groups in total. The number of aromatic nitrogens is 2. The van der Waals surface area contributed by atoms with Crippen LogP contribution < -0.4 is 21.7 Å². The maximum atomic E-state index is 15.7. The van der Waals surface area contributed by atoms with Crippen molar-refractivity contribution in [3.8, 4) is 11.1 Å². The second kappa shape index (κ2) is 11.8. The van der Waals surface area contributed by atoms with Crippen molar-refractivity contribution in [2.45, 2.75) is 59.2 Å². The molecule has 1 aliphatic rings. The Kier molecular flexibility index (Phi) is 9.36. The zero-order valence-electron chi connectivity index (χ0n) is 20.0. The highest BCUT2D eigenvalue weighted by Gasteiger charge is 2.28. The first-order valence-corrected chi connectivity index (χ1v) is 11.3. The number of nitrogens with zero attached hydrogens (tertiary/aromatic N) is 2. The number of anilines is 2. The van der Waals surface area contributed by atoms with Crippen molar-refractivity contribution < 1.29 is 19.0 Å².